The number of rotatable bonds is 4. The number of hydrogen-bond donors (Lipinski definition) is 1. The van der Waals surface area contributed by atoms with Crippen LogP contribution in [0, 0.1) is 3.57 Å². The van der Waals surface area contributed by atoms with E-state index in [0.717, 1.165) is 6.54 Å². The Morgan fingerprint density at radius 1 is 0.941 bits per heavy atom. The summed E-state index contributed by atoms with van der Waals surface area (Å²) in [6, 6.07) is 18.6. The molecule has 0 aromatic heterocycles. The first-order chi connectivity index (χ1) is 8.36. The van der Waals surface area contributed by atoms with E-state index in [0.29, 0.717) is 0 Å². The van der Waals surface area contributed by atoms with Gasteiger partial charge in [-0.2, -0.15) is 0 Å². The van der Waals surface area contributed by atoms with Crippen LogP contribution in [-0.4, -0.2) is 6.54 Å². The smallest absolute Gasteiger partial charge is 0.0478 e. The van der Waals surface area contributed by atoms with Crippen molar-refractivity contribution in [1.82, 2.24) is 0 Å². The highest BCUT2D eigenvalue weighted by atomic mass is 127. The number of benzene rings is 2. The summed E-state index contributed by atoms with van der Waals surface area (Å²) in [5.41, 5.74) is 2.42. The van der Waals surface area contributed by atoms with Crippen molar-refractivity contribution < 1.29 is 0 Å². The maximum Gasteiger partial charge on any atom is 0.0478 e. The minimum Gasteiger partial charge on any atom is -0.381 e. The molecule has 0 heterocycles. The molecule has 0 atom stereocenters. The standard InChI is InChI=1S/C15H14IN/c16-14-10-4-5-11-15(14)17-12-6-9-13-7-2-1-3-8-13/h1-11,17H,12H2. The number of nitrogens with one attached hydrogen (secondary N) is 1. The van der Waals surface area contributed by atoms with Crippen LogP contribution in [0.1, 0.15) is 5.56 Å². The van der Waals surface area contributed by atoms with Gasteiger partial charge in [0.05, 0.1) is 0 Å². The van der Waals surface area contributed by atoms with Gasteiger partial charge in [0.25, 0.3) is 0 Å². The van der Waals surface area contributed by atoms with E-state index in [1.807, 2.05) is 30.3 Å². The Morgan fingerprint density at radius 2 is 1.65 bits per heavy atom. The average molecular weight is 335 g/mol. The highest BCUT2D eigenvalue weighted by molar-refractivity contribution is 14.1. The van der Waals surface area contributed by atoms with Crippen LogP contribution in [-0.2, 0) is 0 Å². The predicted molar refractivity (Wildman–Crippen MR) is 83.1 cm³/mol. The average Bonchev–Trinajstić information content (AvgIpc) is 2.38. The molecule has 2 rings (SSSR count). The third kappa shape index (κ3) is 3.89. The molecule has 0 aliphatic rings. The summed E-state index contributed by atoms with van der Waals surface area (Å²) in [4.78, 5) is 0. The van der Waals surface area contributed by atoms with Crippen LogP contribution in [0.3, 0.4) is 0 Å². The Hall–Kier alpha value is -1.29. The van der Waals surface area contributed by atoms with Gasteiger partial charge < -0.3 is 5.32 Å². The second-order valence-electron chi connectivity index (χ2n) is 3.67. The van der Waals surface area contributed by atoms with Gasteiger partial charge in [-0.3, -0.25) is 0 Å². The number of anilines is 1. The van der Waals surface area contributed by atoms with E-state index in [2.05, 4.69) is 64.3 Å². The third-order valence-electron chi connectivity index (χ3n) is 2.39. The van der Waals surface area contributed by atoms with Crippen LogP contribution < -0.4 is 5.32 Å². The van der Waals surface area contributed by atoms with Crippen molar-refractivity contribution in [3.05, 3.63) is 69.8 Å². The predicted octanol–water partition coefficient (Wildman–Crippen LogP) is 4.42. The van der Waals surface area contributed by atoms with Crippen LogP contribution in [0.5, 0.6) is 0 Å². The van der Waals surface area contributed by atoms with E-state index in [9.17, 15) is 0 Å². The molecule has 0 amide bonds. The lowest BCUT2D eigenvalue weighted by molar-refractivity contribution is 1.33. The summed E-state index contributed by atoms with van der Waals surface area (Å²) in [5.74, 6) is 0. The molecule has 86 valence electrons. The molecule has 2 aromatic rings. The molecule has 0 aliphatic heterocycles. The minimum atomic E-state index is 0.842. The zero-order valence-corrected chi connectivity index (χ0v) is 11.6. The maximum absolute atomic E-state index is 3.39. The Kier molecular flexibility index (Phi) is 4.62. The molecule has 0 saturated heterocycles. The first kappa shape index (κ1) is 12.2. The van der Waals surface area contributed by atoms with Crippen LogP contribution in [0.15, 0.2) is 60.7 Å². The Labute approximate surface area is 116 Å². The number of hydrogen-bond acceptors (Lipinski definition) is 1. The van der Waals surface area contributed by atoms with Gasteiger partial charge in [0.2, 0.25) is 0 Å². The molecule has 0 saturated carbocycles. The monoisotopic (exact) mass is 335 g/mol. The van der Waals surface area contributed by atoms with Crippen molar-refractivity contribution in [2.75, 3.05) is 11.9 Å². The summed E-state index contributed by atoms with van der Waals surface area (Å²) >= 11 is 2.34. The number of halogens is 1. The molecule has 1 nitrogen and oxygen atoms in total. The molecule has 0 radical (unpaired) electrons. The van der Waals surface area contributed by atoms with E-state index in [4.69, 9.17) is 0 Å². The topological polar surface area (TPSA) is 12.0 Å². The Bertz CT molecular complexity index is 491. The molecule has 0 aliphatic carbocycles. The Morgan fingerprint density at radius 3 is 2.41 bits per heavy atom. The molecule has 2 aromatic carbocycles. The zero-order chi connectivity index (χ0) is 11.9. The fourth-order valence-corrected chi connectivity index (χ4v) is 2.11. The van der Waals surface area contributed by atoms with Gasteiger partial charge in [0.15, 0.2) is 0 Å². The highest BCUT2D eigenvalue weighted by Crippen LogP contribution is 2.16. The SMILES string of the molecule is Ic1ccccc1NCC=Cc1ccccc1. The molecule has 17 heavy (non-hydrogen) atoms. The maximum atomic E-state index is 3.39. The fourth-order valence-electron chi connectivity index (χ4n) is 1.53. The van der Waals surface area contributed by atoms with E-state index in [1.165, 1.54) is 14.8 Å². The lowest BCUT2D eigenvalue weighted by Gasteiger charge is -2.05. The van der Waals surface area contributed by atoms with Gasteiger partial charge in [-0.25, -0.2) is 0 Å². The van der Waals surface area contributed by atoms with Crippen molar-refractivity contribution in [3.63, 3.8) is 0 Å². The quantitative estimate of drug-likeness (QED) is 0.816. The summed E-state index contributed by atoms with van der Waals surface area (Å²) < 4.78 is 1.25. The minimum absolute atomic E-state index is 0.842. The van der Waals surface area contributed by atoms with Crippen LogP contribution >= 0.6 is 22.6 Å². The summed E-state index contributed by atoms with van der Waals surface area (Å²) in [6.07, 6.45) is 4.27. The molecular weight excluding hydrogens is 321 g/mol. The largest absolute Gasteiger partial charge is 0.381 e. The molecular formula is C15H14IN. The van der Waals surface area contributed by atoms with Gasteiger partial charge in [-0.05, 0) is 40.3 Å². The first-order valence-electron chi connectivity index (χ1n) is 5.56. The van der Waals surface area contributed by atoms with Crippen LogP contribution in [0.4, 0.5) is 5.69 Å². The van der Waals surface area contributed by atoms with E-state index in [-0.39, 0.29) is 0 Å². The first-order valence-corrected chi connectivity index (χ1v) is 6.64. The van der Waals surface area contributed by atoms with Gasteiger partial charge in [0, 0.05) is 15.8 Å². The van der Waals surface area contributed by atoms with Crippen molar-refractivity contribution in [2.24, 2.45) is 0 Å². The second-order valence-corrected chi connectivity index (χ2v) is 4.84. The van der Waals surface area contributed by atoms with E-state index >= 15 is 0 Å². The summed E-state index contributed by atoms with van der Waals surface area (Å²) in [5, 5.41) is 3.39. The second kappa shape index (κ2) is 6.45. The van der Waals surface area contributed by atoms with Gasteiger partial charge in [0.1, 0.15) is 0 Å². The van der Waals surface area contributed by atoms with E-state index < -0.39 is 0 Å². The Balaban J connectivity index is 1.88. The summed E-state index contributed by atoms with van der Waals surface area (Å²) in [7, 11) is 0. The van der Waals surface area contributed by atoms with Crippen LogP contribution in [0.25, 0.3) is 6.08 Å². The van der Waals surface area contributed by atoms with E-state index in [1.54, 1.807) is 0 Å². The number of para-hydroxylation sites is 1. The molecule has 0 fully saturated rings. The van der Waals surface area contributed by atoms with Crippen molar-refractivity contribution in [2.45, 2.75) is 0 Å². The van der Waals surface area contributed by atoms with Gasteiger partial charge in [-0.1, -0.05) is 54.6 Å². The van der Waals surface area contributed by atoms with Gasteiger partial charge >= 0.3 is 0 Å². The zero-order valence-electron chi connectivity index (χ0n) is 9.44. The van der Waals surface area contributed by atoms with Crippen molar-refractivity contribution in [3.8, 4) is 0 Å². The summed E-state index contributed by atoms with van der Waals surface area (Å²) in [6.45, 7) is 0.842. The molecule has 1 N–H and O–H groups in total. The molecule has 0 unspecified atom stereocenters. The normalized spacial score (nSPS) is 10.6. The molecule has 0 bridgehead atoms. The van der Waals surface area contributed by atoms with Crippen LogP contribution in [0.2, 0.25) is 0 Å². The molecule has 2 heteroatoms. The molecule has 0 spiro atoms. The van der Waals surface area contributed by atoms with Gasteiger partial charge in [-0.15, -0.1) is 0 Å². The lowest BCUT2D eigenvalue weighted by Crippen LogP contribution is -1.99. The fraction of sp³-hybridized carbons (Fsp3) is 0.0667. The van der Waals surface area contributed by atoms with Crippen molar-refractivity contribution >= 4 is 34.4 Å². The lowest BCUT2D eigenvalue weighted by atomic mass is 10.2. The third-order valence-corrected chi connectivity index (χ3v) is 3.33. The van der Waals surface area contributed by atoms with Crippen molar-refractivity contribution in [1.29, 1.82) is 0 Å². The highest BCUT2D eigenvalue weighted by Gasteiger charge is 1.94.